The van der Waals surface area contributed by atoms with E-state index in [-0.39, 0.29) is 5.57 Å². The number of carbonyl (C=O) groups excluding carboxylic acids is 2. The molecule has 2 aromatic rings. The second kappa shape index (κ2) is 5.14. The molecular weight excluding hydrogens is 284 g/mol. The zero-order chi connectivity index (χ0) is 15.7. The highest BCUT2D eigenvalue weighted by Crippen LogP contribution is 2.25. The number of hydrogen-bond acceptors (Lipinski definition) is 5. The fourth-order valence-corrected chi connectivity index (χ4v) is 2.16. The maximum Gasteiger partial charge on any atom is 0.348 e. The summed E-state index contributed by atoms with van der Waals surface area (Å²) in [5.74, 6) is -2.60. The summed E-state index contributed by atoms with van der Waals surface area (Å²) in [5.41, 5.74) is 2.40. The van der Waals surface area contributed by atoms with E-state index in [1.807, 2.05) is 18.2 Å². The fraction of sp³-hybridized carbons (Fsp3) is 0.188. The Bertz CT molecular complexity index is 738. The van der Waals surface area contributed by atoms with E-state index in [0.717, 1.165) is 11.1 Å². The van der Waals surface area contributed by atoms with E-state index in [4.69, 9.17) is 9.47 Å². The number of benzene rings is 1. The Morgan fingerprint density at radius 1 is 1.14 bits per heavy atom. The third kappa shape index (κ3) is 2.76. The zero-order valence-corrected chi connectivity index (χ0v) is 12.1. The standard InChI is InChI=1S/C16H14N2O4/c1-16(2)21-14(19)13(15(20)22-16)7-10-4-3-5-11(6-10)12-8-17-18-9-12/h3-9H,1-2H3,(H,17,18). The summed E-state index contributed by atoms with van der Waals surface area (Å²) in [5, 5.41) is 6.63. The molecule has 1 aromatic heterocycles. The molecule has 0 saturated carbocycles. The van der Waals surface area contributed by atoms with E-state index in [2.05, 4.69) is 10.2 Å². The maximum absolute atomic E-state index is 11.9. The normalized spacial score (nSPS) is 16.9. The molecule has 22 heavy (non-hydrogen) atoms. The summed E-state index contributed by atoms with van der Waals surface area (Å²) in [6, 6.07) is 7.38. The molecular formula is C16H14N2O4. The van der Waals surface area contributed by atoms with Crippen LogP contribution in [0.25, 0.3) is 17.2 Å². The zero-order valence-electron chi connectivity index (χ0n) is 12.1. The van der Waals surface area contributed by atoms with Crippen LogP contribution < -0.4 is 0 Å². The van der Waals surface area contributed by atoms with Gasteiger partial charge in [0.2, 0.25) is 0 Å². The van der Waals surface area contributed by atoms with Gasteiger partial charge in [0, 0.05) is 25.6 Å². The van der Waals surface area contributed by atoms with Gasteiger partial charge in [-0.1, -0.05) is 18.2 Å². The number of carbonyl (C=O) groups is 2. The number of aromatic amines is 1. The Labute approximate surface area is 126 Å². The van der Waals surface area contributed by atoms with E-state index in [0.29, 0.717) is 5.56 Å². The highest BCUT2D eigenvalue weighted by Gasteiger charge is 2.38. The van der Waals surface area contributed by atoms with Crippen LogP contribution in [0.4, 0.5) is 0 Å². The first-order valence-corrected chi connectivity index (χ1v) is 6.72. The van der Waals surface area contributed by atoms with Crippen LogP contribution in [0.2, 0.25) is 0 Å². The highest BCUT2D eigenvalue weighted by molar-refractivity contribution is 6.18. The van der Waals surface area contributed by atoms with Gasteiger partial charge in [0.05, 0.1) is 6.20 Å². The predicted molar refractivity (Wildman–Crippen MR) is 78.3 cm³/mol. The Kier molecular flexibility index (Phi) is 3.29. The Morgan fingerprint density at radius 2 is 1.86 bits per heavy atom. The average Bonchev–Trinajstić information content (AvgIpc) is 2.96. The Morgan fingerprint density at radius 3 is 2.50 bits per heavy atom. The van der Waals surface area contributed by atoms with Crippen molar-refractivity contribution in [2.24, 2.45) is 0 Å². The molecule has 0 unspecified atom stereocenters. The number of H-pyrrole nitrogens is 1. The van der Waals surface area contributed by atoms with Crippen molar-refractivity contribution < 1.29 is 19.1 Å². The Hall–Kier alpha value is -2.89. The number of ether oxygens (including phenoxy) is 2. The van der Waals surface area contributed by atoms with Gasteiger partial charge in [-0.05, 0) is 23.3 Å². The van der Waals surface area contributed by atoms with Crippen molar-refractivity contribution in [1.29, 1.82) is 0 Å². The summed E-state index contributed by atoms with van der Waals surface area (Å²) in [4.78, 5) is 23.9. The monoisotopic (exact) mass is 298 g/mol. The van der Waals surface area contributed by atoms with Gasteiger partial charge in [-0.25, -0.2) is 9.59 Å². The second-order valence-electron chi connectivity index (χ2n) is 5.35. The second-order valence-corrected chi connectivity index (χ2v) is 5.35. The van der Waals surface area contributed by atoms with Crippen molar-refractivity contribution in [1.82, 2.24) is 10.2 Å². The molecule has 1 fully saturated rings. The molecule has 0 aliphatic carbocycles. The van der Waals surface area contributed by atoms with Gasteiger partial charge < -0.3 is 9.47 Å². The first-order valence-electron chi connectivity index (χ1n) is 6.72. The number of esters is 2. The molecule has 1 aliphatic rings. The molecule has 1 aliphatic heterocycles. The molecule has 0 atom stereocenters. The number of cyclic esters (lactones) is 2. The quantitative estimate of drug-likeness (QED) is 0.522. The molecule has 0 radical (unpaired) electrons. The smallest absolute Gasteiger partial charge is 0.348 e. The number of nitrogens with zero attached hydrogens (tertiary/aromatic N) is 1. The van der Waals surface area contributed by atoms with Crippen molar-refractivity contribution in [3.8, 4) is 11.1 Å². The third-order valence-corrected chi connectivity index (χ3v) is 3.15. The highest BCUT2D eigenvalue weighted by atomic mass is 16.7. The van der Waals surface area contributed by atoms with E-state index >= 15 is 0 Å². The summed E-state index contributed by atoms with van der Waals surface area (Å²) in [7, 11) is 0. The predicted octanol–water partition coefficient (Wildman–Crippen LogP) is 2.30. The topological polar surface area (TPSA) is 81.3 Å². The van der Waals surface area contributed by atoms with Crippen molar-refractivity contribution >= 4 is 18.0 Å². The summed E-state index contributed by atoms with van der Waals surface area (Å²) < 4.78 is 10.1. The summed E-state index contributed by atoms with van der Waals surface area (Å²) in [6.45, 7) is 3.03. The minimum atomic E-state index is -1.23. The lowest BCUT2D eigenvalue weighted by Crippen LogP contribution is -2.41. The van der Waals surface area contributed by atoms with E-state index in [9.17, 15) is 9.59 Å². The first-order chi connectivity index (χ1) is 10.4. The van der Waals surface area contributed by atoms with Crippen molar-refractivity contribution in [2.45, 2.75) is 19.6 Å². The molecule has 3 rings (SSSR count). The molecule has 1 saturated heterocycles. The van der Waals surface area contributed by atoms with Crippen LogP contribution in [0.15, 0.2) is 42.2 Å². The largest absolute Gasteiger partial charge is 0.419 e. The minimum absolute atomic E-state index is 0.122. The third-order valence-electron chi connectivity index (χ3n) is 3.15. The van der Waals surface area contributed by atoms with E-state index in [1.165, 1.54) is 19.9 Å². The van der Waals surface area contributed by atoms with Crippen LogP contribution in [0, 0.1) is 0 Å². The van der Waals surface area contributed by atoms with Crippen LogP contribution in [-0.4, -0.2) is 27.9 Å². The molecule has 0 amide bonds. The molecule has 1 aromatic carbocycles. The van der Waals surface area contributed by atoms with Crippen molar-refractivity contribution in [3.05, 3.63) is 47.8 Å². The van der Waals surface area contributed by atoms with Crippen molar-refractivity contribution in [2.75, 3.05) is 0 Å². The van der Waals surface area contributed by atoms with Gasteiger partial charge in [-0.15, -0.1) is 0 Å². The van der Waals surface area contributed by atoms with Gasteiger partial charge in [-0.3, -0.25) is 5.10 Å². The van der Waals surface area contributed by atoms with Gasteiger partial charge in [0.15, 0.2) is 0 Å². The lowest BCUT2D eigenvalue weighted by molar-refractivity contribution is -0.222. The molecule has 2 heterocycles. The first kappa shape index (κ1) is 14.1. The van der Waals surface area contributed by atoms with E-state index < -0.39 is 17.7 Å². The molecule has 0 bridgehead atoms. The lowest BCUT2D eigenvalue weighted by Gasteiger charge is -2.29. The molecule has 6 heteroatoms. The molecule has 6 nitrogen and oxygen atoms in total. The number of rotatable bonds is 2. The average molecular weight is 298 g/mol. The lowest BCUT2D eigenvalue weighted by atomic mass is 10.0. The maximum atomic E-state index is 11.9. The molecule has 0 spiro atoms. The summed E-state index contributed by atoms with van der Waals surface area (Å²) >= 11 is 0. The van der Waals surface area contributed by atoms with Crippen molar-refractivity contribution in [3.63, 3.8) is 0 Å². The van der Waals surface area contributed by atoms with Crippen LogP contribution in [-0.2, 0) is 19.1 Å². The Balaban J connectivity index is 1.94. The van der Waals surface area contributed by atoms with Gasteiger partial charge in [0.25, 0.3) is 5.79 Å². The van der Waals surface area contributed by atoms with Crippen LogP contribution in [0.3, 0.4) is 0 Å². The minimum Gasteiger partial charge on any atom is -0.419 e. The van der Waals surface area contributed by atoms with Gasteiger partial charge in [-0.2, -0.15) is 5.10 Å². The van der Waals surface area contributed by atoms with Crippen LogP contribution in [0.1, 0.15) is 19.4 Å². The van der Waals surface area contributed by atoms with Crippen LogP contribution >= 0.6 is 0 Å². The van der Waals surface area contributed by atoms with Crippen LogP contribution in [0.5, 0.6) is 0 Å². The molecule has 1 N–H and O–H groups in total. The number of nitrogens with one attached hydrogen (secondary N) is 1. The van der Waals surface area contributed by atoms with Gasteiger partial charge >= 0.3 is 11.9 Å². The molecule has 112 valence electrons. The number of hydrogen-bond donors (Lipinski definition) is 1. The SMILES string of the molecule is CC1(C)OC(=O)C(=Cc2cccc(-c3cn[nH]c3)c2)C(=O)O1. The van der Waals surface area contributed by atoms with Gasteiger partial charge in [0.1, 0.15) is 5.57 Å². The number of aromatic nitrogens is 2. The van der Waals surface area contributed by atoms with E-state index in [1.54, 1.807) is 18.5 Å². The fourth-order valence-electron chi connectivity index (χ4n) is 2.16. The summed E-state index contributed by atoms with van der Waals surface area (Å²) in [6.07, 6.45) is 4.92.